The van der Waals surface area contributed by atoms with Gasteiger partial charge < -0.3 is 14.8 Å². The fraction of sp³-hybridized carbons (Fsp3) is 0.278. The number of amides is 2. The number of rotatable bonds is 5. The van der Waals surface area contributed by atoms with Gasteiger partial charge in [0.15, 0.2) is 0 Å². The molecule has 25 heavy (non-hydrogen) atoms. The summed E-state index contributed by atoms with van der Waals surface area (Å²) in [6.45, 7) is 2.05. The highest BCUT2D eigenvalue weighted by atomic mass is 16.6. The van der Waals surface area contributed by atoms with Gasteiger partial charge in [-0.25, -0.2) is 9.78 Å². The zero-order valence-electron chi connectivity index (χ0n) is 14.1. The number of nitrogens with zero attached hydrogens (tertiary/aromatic N) is 2. The quantitative estimate of drug-likeness (QED) is 0.902. The van der Waals surface area contributed by atoms with Crippen LogP contribution in [0.4, 0.5) is 10.5 Å². The number of cyclic esters (lactones) is 1. The van der Waals surface area contributed by atoms with Crippen LogP contribution < -0.4 is 15.0 Å². The number of methoxy groups -OCH3 is 1. The van der Waals surface area contributed by atoms with Crippen molar-refractivity contribution in [2.75, 3.05) is 25.2 Å². The smallest absolute Gasteiger partial charge is 0.414 e. The van der Waals surface area contributed by atoms with Crippen LogP contribution in [-0.4, -0.2) is 43.3 Å². The van der Waals surface area contributed by atoms with E-state index in [0.717, 1.165) is 16.8 Å². The van der Waals surface area contributed by atoms with Crippen LogP contribution in [0.15, 0.2) is 42.6 Å². The Morgan fingerprint density at radius 3 is 2.76 bits per heavy atom. The summed E-state index contributed by atoms with van der Waals surface area (Å²) in [7, 11) is 1.57. The van der Waals surface area contributed by atoms with Crippen LogP contribution >= 0.6 is 0 Å². The Morgan fingerprint density at radius 1 is 1.32 bits per heavy atom. The van der Waals surface area contributed by atoms with E-state index in [9.17, 15) is 9.59 Å². The number of nitrogens with one attached hydrogen (secondary N) is 1. The number of benzene rings is 1. The highest BCUT2D eigenvalue weighted by Gasteiger charge is 2.34. The van der Waals surface area contributed by atoms with Gasteiger partial charge in [-0.05, 0) is 29.3 Å². The molecule has 1 saturated heterocycles. The molecule has 0 spiro atoms. The van der Waals surface area contributed by atoms with E-state index in [1.165, 1.54) is 6.92 Å². The molecule has 3 rings (SSSR count). The second-order valence-electron chi connectivity index (χ2n) is 5.67. The van der Waals surface area contributed by atoms with E-state index in [2.05, 4.69) is 10.3 Å². The molecule has 2 amide bonds. The highest BCUT2D eigenvalue weighted by Crippen LogP contribution is 2.28. The monoisotopic (exact) mass is 341 g/mol. The predicted molar refractivity (Wildman–Crippen MR) is 92.5 cm³/mol. The molecule has 1 aromatic carbocycles. The first-order valence-electron chi connectivity index (χ1n) is 7.89. The van der Waals surface area contributed by atoms with Gasteiger partial charge >= 0.3 is 6.09 Å². The first-order valence-corrected chi connectivity index (χ1v) is 7.89. The van der Waals surface area contributed by atoms with Crippen molar-refractivity contribution in [3.8, 4) is 17.0 Å². The summed E-state index contributed by atoms with van der Waals surface area (Å²) in [5.74, 6) is 0.404. The standard InChI is InChI=1S/C18H19N3O4/c1-12(22)20-10-16-11-25-18(23)21(16)15-5-3-13(4-6-15)14-7-8-19-17(9-14)24-2/h3-9,16H,10-11H2,1-2H3,(H,20,22). The Morgan fingerprint density at radius 2 is 2.08 bits per heavy atom. The molecule has 0 radical (unpaired) electrons. The average Bonchev–Trinajstić information content (AvgIpc) is 3.00. The number of hydrogen-bond donors (Lipinski definition) is 1. The molecule has 2 heterocycles. The zero-order valence-corrected chi connectivity index (χ0v) is 14.1. The van der Waals surface area contributed by atoms with Gasteiger partial charge in [0.25, 0.3) is 0 Å². The number of pyridine rings is 1. The van der Waals surface area contributed by atoms with E-state index < -0.39 is 6.09 Å². The molecule has 1 aliphatic heterocycles. The topological polar surface area (TPSA) is 80.8 Å². The third-order valence-corrected chi connectivity index (χ3v) is 3.97. The molecule has 1 aromatic heterocycles. The first-order chi connectivity index (χ1) is 12.1. The highest BCUT2D eigenvalue weighted by molar-refractivity contribution is 5.91. The SMILES string of the molecule is COc1cc(-c2ccc(N3C(=O)OCC3CNC(C)=O)cc2)ccn1. The lowest BCUT2D eigenvalue weighted by Crippen LogP contribution is -2.42. The van der Waals surface area contributed by atoms with Gasteiger partial charge in [0, 0.05) is 31.4 Å². The third kappa shape index (κ3) is 3.71. The van der Waals surface area contributed by atoms with Gasteiger partial charge in [-0.1, -0.05) is 12.1 Å². The van der Waals surface area contributed by atoms with Crippen molar-refractivity contribution < 1.29 is 19.1 Å². The molecule has 0 bridgehead atoms. The largest absolute Gasteiger partial charge is 0.481 e. The summed E-state index contributed by atoms with van der Waals surface area (Å²) in [6.07, 6.45) is 1.28. The Bertz CT molecular complexity index is 776. The molecule has 1 N–H and O–H groups in total. The fourth-order valence-corrected chi connectivity index (χ4v) is 2.70. The average molecular weight is 341 g/mol. The summed E-state index contributed by atoms with van der Waals surface area (Å²) in [5.41, 5.74) is 2.68. The van der Waals surface area contributed by atoms with Crippen molar-refractivity contribution in [2.24, 2.45) is 0 Å². The molecule has 0 aliphatic carbocycles. The summed E-state index contributed by atoms with van der Waals surface area (Å²) < 4.78 is 10.3. The van der Waals surface area contributed by atoms with Gasteiger partial charge in [-0.2, -0.15) is 0 Å². The van der Waals surface area contributed by atoms with Crippen molar-refractivity contribution in [3.05, 3.63) is 42.6 Å². The molecule has 0 saturated carbocycles. The molecular formula is C18H19N3O4. The molecule has 7 heteroatoms. The minimum absolute atomic E-state index is 0.138. The van der Waals surface area contributed by atoms with Crippen LogP contribution in [0.1, 0.15) is 6.92 Å². The van der Waals surface area contributed by atoms with E-state index in [1.54, 1.807) is 18.2 Å². The Kier molecular flexibility index (Phi) is 4.83. The van der Waals surface area contributed by atoms with Gasteiger partial charge in [0.2, 0.25) is 11.8 Å². The summed E-state index contributed by atoms with van der Waals surface area (Å²) in [6, 6.07) is 11.1. The third-order valence-electron chi connectivity index (χ3n) is 3.97. The fourth-order valence-electron chi connectivity index (χ4n) is 2.70. The van der Waals surface area contributed by atoms with Crippen molar-refractivity contribution in [2.45, 2.75) is 13.0 Å². The van der Waals surface area contributed by atoms with Crippen molar-refractivity contribution in [1.82, 2.24) is 10.3 Å². The van der Waals surface area contributed by atoms with Crippen LogP contribution in [0.2, 0.25) is 0 Å². The molecular weight excluding hydrogens is 322 g/mol. The molecule has 1 fully saturated rings. The number of anilines is 1. The number of hydrogen-bond acceptors (Lipinski definition) is 5. The molecule has 130 valence electrons. The van der Waals surface area contributed by atoms with E-state index >= 15 is 0 Å². The maximum atomic E-state index is 12.0. The predicted octanol–water partition coefficient (Wildman–Crippen LogP) is 2.22. The maximum absolute atomic E-state index is 12.0. The van der Waals surface area contributed by atoms with Crippen LogP contribution in [0.3, 0.4) is 0 Å². The van der Waals surface area contributed by atoms with E-state index in [1.807, 2.05) is 36.4 Å². The van der Waals surface area contributed by atoms with Gasteiger partial charge in [-0.15, -0.1) is 0 Å². The summed E-state index contributed by atoms with van der Waals surface area (Å²) in [4.78, 5) is 28.8. The Hall–Kier alpha value is -3.09. The van der Waals surface area contributed by atoms with Gasteiger partial charge in [0.05, 0.1) is 13.2 Å². The lowest BCUT2D eigenvalue weighted by atomic mass is 10.1. The van der Waals surface area contributed by atoms with E-state index in [4.69, 9.17) is 9.47 Å². The minimum atomic E-state index is -0.409. The first kappa shape index (κ1) is 16.8. The second kappa shape index (κ2) is 7.21. The number of carbonyl (C=O) groups is 2. The number of ether oxygens (including phenoxy) is 2. The van der Waals surface area contributed by atoms with E-state index in [0.29, 0.717) is 12.4 Å². The lowest BCUT2D eigenvalue weighted by Gasteiger charge is -2.21. The molecule has 1 unspecified atom stereocenters. The summed E-state index contributed by atoms with van der Waals surface area (Å²) in [5, 5.41) is 2.72. The lowest BCUT2D eigenvalue weighted by molar-refractivity contribution is -0.119. The van der Waals surface area contributed by atoms with Crippen molar-refractivity contribution in [1.29, 1.82) is 0 Å². The maximum Gasteiger partial charge on any atom is 0.414 e. The van der Waals surface area contributed by atoms with Crippen LogP contribution in [0.25, 0.3) is 11.1 Å². The Balaban J connectivity index is 1.80. The number of carbonyl (C=O) groups excluding carboxylic acids is 2. The van der Waals surface area contributed by atoms with Crippen molar-refractivity contribution in [3.63, 3.8) is 0 Å². The van der Waals surface area contributed by atoms with Gasteiger partial charge in [0.1, 0.15) is 6.61 Å². The van der Waals surface area contributed by atoms with Crippen LogP contribution in [0.5, 0.6) is 5.88 Å². The van der Waals surface area contributed by atoms with Crippen molar-refractivity contribution >= 4 is 17.7 Å². The normalized spacial score (nSPS) is 16.5. The molecule has 7 nitrogen and oxygen atoms in total. The number of aromatic nitrogens is 1. The second-order valence-corrected chi connectivity index (χ2v) is 5.67. The minimum Gasteiger partial charge on any atom is -0.481 e. The van der Waals surface area contributed by atoms with E-state index in [-0.39, 0.29) is 18.6 Å². The summed E-state index contributed by atoms with van der Waals surface area (Å²) >= 11 is 0. The molecule has 2 aromatic rings. The van der Waals surface area contributed by atoms with Gasteiger partial charge in [-0.3, -0.25) is 9.69 Å². The molecule has 1 aliphatic rings. The van der Waals surface area contributed by atoms with Crippen LogP contribution in [-0.2, 0) is 9.53 Å². The Labute approximate surface area is 145 Å². The van der Waals surface area contributed by atoms with Crippen LogP contribution in [0, 0.1) is 0 Å². The zero-order chi connectivity index (χ0) is 17.8. The molecule has 1 atom stereocenters.